The van der Waals surface area contributed by atoms with Gasteiger partial charge in [0.15, 0.2) is 11.6 Å². The monoisotopic (exact) mass is 792 g/mol. The summed E-state index contributed by atoms with van der Waals surface area (Å²) in [5.41, 5.74) is 5.87. The molecule has 58 heavy (non-hydrogen) atoms. The lowest BCUT2D eigenvalue weighted by Crippen LogP contribution is -2.38. The first kappa shape index (κ1) is 41.1. The second-order valence-corrected chi connectivity index (χ2v) is 14.6. The minimum atomic E-state index is -0.0175. The zero-order valence-electron chi connectivity index (χ0n) is 34.4. The molecule has 0 aromatic heterocycles. The molecule has 0 saturated carbocycles. The fourth-order valence-electron chi connectivity index (χ4n) is 8.04. The van der Waals surface area contributed by atoms with Crippen LogP contribution in [0.2, 0.25) is 0 Å². The van der Waals surface area contributed by atoms with Gasteiger partial charge in [0.2, 0.25) is 0 Å². The number of ether oxygens (including phenoxy) is 7. The number of fused-ring (bicyclic) bond motifs is 6. The van der Waals surface area contributed by atoms with Crippen LogP contribution in [0, 0.1) is 0 Å². The Morgan fingerprint density at radius 3 is 1.43 bits per heavy atom. The summed E-state index contributed by atoms with van der Waals surface area (Å²) in [6, 6.07) is 18.7. The number of hydrogen-bond donors (Lipinski definition) is 0. The summed E-state index contributed by atoms with van der Waals surface area (Å²) in [5, 5.41) is 0. The molecule has 11 nitrogen and oxygen atoms in total. The number of carbonyl (C=O) groups excluding carboxylic acids is 2. The number of morpholine rings is 1. The predicted molar refractivity (Wildman–Crippen MR) is 224 cm³/mol. The molecular weight excluding hydrogens is 737 g/mol. The highest BCUT2D eigenvalue weighted by molar-refractivity contribution is 6.24. The number of rotatable bonds is 17. The van der Waals surface area contributed by atoms with Crippen LogP contribution in [0.25, 0.3) is 22.3 Å². The first-order chi connectivity index (χ1) is 28.4. The van der Waals surface area contributed by atoms with Crippen LogP contribution in [0.1, 0.15) is 78.8 Å². The normalized spacial score (nSPS) is 15.5. The van der Waals surface area contributed by atoms with Gasteiger partial charge in [0.25, 0.3) is 0 Å². The second kappa shape index (κ2) is 19.6. The van der Waals surface area contributed by atoms with Gasteiger partial charge in [0.05, 0.1) is 39.6 Å². The van der Waals surface area contributed by atoms with Crippen molar-refractivity contribution >= 4 is 11.6 Å². The van der Waals surface area contributed by atoms with E-state index in [9.17, 15) is 9.59 Å². The maximum absolute atomic E-state index is 13.1. The largest absolute Gasteiger partial charge is 0.494 e. The Hall–Kier alpha value is -5.10. The summed E-state index contributed by atoms with van der Waals surface area (Å²) >= 11 is 0. The average Bonchev–Trinajstić information content (AvgIpc) is 3.94. The third-order valence-corrected chi connectivity index (χ3v) is 10.7. The molecule has 2 aliphatic carbocycles. The van der Waals surface area contributed by atoms with Crippen molar-refractivity contribution in [3.63, 3.8) is 0 Å². The van der Waals surface area contributed by atoms with E-state index in [-0.39, 0.29) is 11.6 Å². The van der Waals surface area contributed by atoms with Crippen LogP contribution < -0.4 is 28.4 Å². The van der Waals surface area contributed by atoms with E-state index in [1.165, 1.54) is 12.8 Å². The average molecular weight is 793 g/mol. The molecule has 11 heteroatoms. The maximum atomic E-state index is 13.1. The van der Waals surface area contributed by atoms with Crippen molar-refractivity contribution in [1.29, 1.82) is 0 Å². The number of hydrogen-bond acceptors (Lipinski definition) is 11. The third-order valence-electron chi connectivity index (χ3n) is 10.7. The topological polar surface area (TPSA) is 105 Å². The number of ketones is 2. The van der Waals surface area contributed by atoms with Gasteiger partial charge in [-0.1, -0.05) is 31.2 Å². The smallest absolute Gasteiger partial charge is 0.194 e. The Balaban J connectivity index is 0.000000177. The summed E-state index contributed by atoms with van der Waals surface area (Å²) in [6.07, 6.45) is 3.42. The molecule has 2 aliphatic heterocycles. The summed E-state index contributed by atoms with van der Waals surface area (Å²) < 4.78 is 41.0. The predicted octanol–water partition coefficient (Wildman–Crippen LogP) is 7.97. The van der Waals surface area contributed by atoms with Gasteiger partial charge in [0, 0.05) is 82.8 Å². The first-order valence-corrected chi connectivity index (χ1v) is 21.0. The molecule has 2 heterocycles. The Bertz CT molecular complexity index is 2070. The summed E-state index contributed by atoms with van der Waals surface area (Å²) in [6.45, 7) is 18.6. The van der Waals surface area contributed by atoms with Crippen molar-refractivity contribution < 1.29 is 42.7 Å². The van der Waals surface area contributed by atoms with E-state index in [4.69, 9.17) is 33.2 Å². The number of carbonyl (C=O) groups is 2. The van der Waals surface area contributed by atoms with Crippen molar-refractivity contribution in [2.75, 3.05) is 92.1 Å². The Kier molecular flexibility index (Phi) is 13.9. The van der Waals surface area contributed by atoms with Gasteiger partial charge in [-0.2, -0.15) is 0 Å². The molecule has 2 saturated heterocycles. The molecule has 0 amide bonds. The van der Waals surface area contributed by atoms with Gasteiger partial charge >= 0.3 is 0 Å². The Morgan fingerprint density at radius 1 is 0.500 bits per heavy atom. The standard InChI is InChI=1S/C24H29NO4.C23H27NO5/c1-3-13-28-21-16-17(27-4-2)15-19-23(21)22-18(24(19)26)8-7-9-20(22)29-14-12-25-10-5-6-11-25;1-3-27-16-14-18-22(20(15-16)28-4-2)21-17(23(18)25)6-5-7-19(21)29-13-10-24-8-11-26-12-9-24/h7-9,15-16H,3-6,10-14H2,1-2H3;5-7,14-15H,3-4,8-13H2,1-2H3. The fraction of sp³-hybridized carbons (Fsp3) is 0.447. The van der Waals surface area contributed by atoms with Gasteiger partial charge in [-0.15, -0.1) is 0 Å². The van der Waals surface area contributed by atoms with Crippen LogP contribution in [-0.2, 0) is 4.74 Å². The van der Waals surface area contributed by atoms with Gasteiger partial charge < -0.3 is 33.2 Å². The molecule has 0 atom stereocenters. The van der Waals surface area contributed by atoms with Gasteiger partial charge in [0.1, 0.15) is 47.7 Å². The second-order valence-electron chi connectivity index (χ2n) is 14.6. The van der Waals surface area contributed by atoms with E-state index < -0.39 is 0 Å². The van der Waals surface area contributed by atoms with Crippen molar-refractivity contribution in [1.82, 2.24) is 9.80 Å². The molecule has 0 bridgehead atoms. The summed E-state index contributed by atoms with van der Waals surface area (Å²) in [5.74, 6) is 4.10. The van der Waals surface area contributed by atoms with Crippen molar-refractivity contribution in [2.24, 2.45) is 0 Å². The van der Waals surface area contributed by atoms with Crippen molar-refractivity contribution in [3.8, 4) is 56.8 Å². The highest BCUT2D eigenvalue weighted by Crippen LogP contribution is 2.50. The molecule has 8 rings (SSSR count). The van der Waals surface area contributed by atoms with Crippen LogP contribution in [-0.4, -0.2) is 113 Å². The lowest BCUT2D eigenvalue weighted by atomic mass is 10.0. The van der Waals surface area contributed by atoms with Crippen LogP contribution >= 0.6 is 0 Å². The van der Waals surface area contributed by atoms with E-state index >= 15 is 0 Å². The Morgan fingerprint density at radius 2 is 0.948 bits per heavy atom. The van der Waals surface area contributed by atoms with Crippen LogP contribution in [0.5, 0.6) is 34.5 Å². The maximum Gasteiger partial charge on any atom is 0.194 e. The van der Waals surface area contributed by atoms with Gasteiger partial charge in [-0.05, 0) is 77.4 Å². The molecule has 4 aliphatic rings. The molecule has 2 fully saturated rings. The fourth-order valence-corrected chi connectivity index (χ4v) is 8.04. The molecule has 0 N–H and O–H groups in total. The molecule has 4 aromatic rings. The Labute approximate surface area is 342 Å². The number of nitrogens with zero attached hydrogens (tertiary/aromatic N) is 2. The van der Waals surface area contributed by atoms with Gasteiger partial charge in [-0.25, -0.2) is 0 Å². The minimum absolute atomic E-state index is 0.00268. The molecule has 0 spiro atoms. The molecular formula is C47H56N2O9. The van der Waals surface area contributed by atoms with E-state index in [0.717, 1.165) is 86.9 Å². The number of likely N-dealkylation sites (tertiary alicyclic amines) is 1. The lowest BCUT2D eigenvalue weighted by molar-refractivity contribution is 0.0323. The molecule has 308 valence electrons. The van der Waals surface area contributed by atoms with Gasteiger partial charge in [-0.3, -0.25) is 19.4 Å². The zero-order valence-corrected chi connectivity index (χ0v) is 34.4. The summed E-state index contributed by atoms with van der Waals surface area (Å²) in [4.78, 5) is 31.0. The zero-order chi connectivity index (χ0) is 40.4. The van der Waals surface area contributed by atoms with Crippen molar-refractivity contribution in [3.05, 3.63) is 82.9 Å². The van der Waals surface area contributed by atoms with E-state index in [1.807, 2.05) is 75.4 Å². The minimum Gasteiger partial charge on any atom is -0.494 e. The quantitative estimate of drug-likeness (QED) is 0.0899. The van der Waals surface area contributed by atoms with Crippen molar-refractivity contribution in [2.45, 2.75) is 47.0 Å². The van der Waals surface area contributed by atoms with Crippen LogP contribution in [0.15, 0.2) is 60.7 Å². The lowest BCUT2D eigenvalue weighted by Gasteiger charge is -2.26. The highest BCUT2D eigenvalue weighted by atomic mass is 16.5. The van der Waals surface area contributed by atoms with Crippen LogP contribution in [0.3, 0.4) is 0 Å². The van der Waals surface area contributed by atoms with E-state index in [0.29, 0.717) is 90.6 Å². The molecule has 0 unspecified atom stereocenters. The SMILES string of the molecule is CCCOc1cc(OCC)cc2c1-c1c(OCCN3CCCC3)cccc1C2=O.CCOc1cc(OCC)c2c(c1)C(=O)c1cccc(OCCN3CCOCC3)c1-2. The third kappa shape index (κ3) is 8.97. The van der Waals surface area contributed by atoms with Crippen LogP contribution in [0.4, 0.5) is 0 Å². The number of benzene rings is 4. The van der Waals surface area contributed by atoms with E-state index in [2.05, 4.69) is 16.7 Å². The highest BCUT2D eigenvalue weighted by Gasteiger charge is 2.35. The molecule has 4 aromatic carbocycles. The molecule has 0 radical (unpaired) electrons. The first-order valence-electron chi connectivity index (χ1n) is 21.0. The summed E-state index contributed by atoms with van der Waals surface area (Å²) in [7, 11) is 0. The van der Waals surface area contributed by atoms with E-state index in [1.54, 1.807) is 6.07 Å².